The van der Waals surface area contributed by atoms with Crippen LogP contribution in [0.15, 0.2) is 12.2 Å². The minimum absolute atomic E-state index is 0.376. The maximum atomic E-state index is 10.3. The van der Waals surface area contributed by atoms with Crippen molar-refractivity contribution in [1.82, 2.24) is 0 Å². The van der Waals surface area contributed by atoms with Gasteiger partial charge in [0.15, 0.2) is 6.10 Å². The Morgan fingerprint density at radius 2 is 2.56 bits per heavy atom. The maximum absolute atomic E-state index is 10.3. The van der Waals surface area contributed by atoms with Crippen LogP contribution in [0.1, 0.15) is 0 Å². The zero-order valence-electron chi connectivity index (χ0n) is 4.54. The van der Waals surface area contributed by atoms with Crippen LogP contribution >= 0.6 is 11.6 Å². The fraction of sp³-hybridized carbons (Fsp3) is 0.400. The quantitative estimate of drug-likeness (QED) is 0.311. The van der Waals surface area contributed by atoms with E-state index in [1.54, 1.807) is 12.2 Å². The molecule has 1 heterocycles. The Morgan fingerprint density at radius 1 is 1.78 bits per heavy atom. The van der Waals surface area contributed by atoms with Crippen molar-refractivity contribution in [2.45, 2.75) is 6.10 Å². The van der Waals surface area contributed by atoms with E-state index in [2.05, 4.69) is 9.78 Å². The SMILES string of the molecule is O=C(Cl)C1C=CCOO1. The van der Waals surface area contributed by atoms with Crippen molar-refractivity contribution in [2.75, 3.05) is 6.61 Å². The van der Waals surface area contributed by atoms with Crippen LogP contribution in [-0.2, 0) is 14.6 Å². The summed E-state index contributed by atoms with van der Waals surface area (Å²) in [7, 11) is 0. The largest absolute Gasteiger partial charge is 0.278 e. The van der Waals surface area contributed by atoms with Gasteiger partial charge in [0.2, 0.25) is 0 Å². The standard InChI is InChI=1S/C5H5ClO3/c6-5(7)4-2-1-3-8-9-4/h1-2,4H,3H2. The van der Waals surface area contributed by atoms with Gasteiger partial charge in [-0.25, -0.2) is 9.78 Å². The number of hydrogen-bond donors (Lipinski definition) is 0. The van der Waals surface area contributed by atoms with Crippen molar-refractivity contribution in [3.8, 4) is 0 Å². The molecule has 0 saturated carbocycles. The highest BCUT2D eigenvalue weighted by Gasteiger charge is 2.16. The molecule has 0 fully saturated rings. The van der Waals surface area contributed by atoms with Gasteiger partial charge in [0.05, 0.1) is 0 Å². The molecule has 0 N–H and O–H groups in total. The molecule has 0 spiro atoms. The summed E-state index contributed by atoms with van der Waals surface area (Å²) in [6.45, 7) is 0.376. The number of carbonyl (C=O) groups is 1. The van der Waals surface area contributed by atoms with Crippen LogP contribution in [0.25, 0.3) is 0 Å². The lowest BCUT2D eigenvalue weighted by Crippen LogP contribution is -2.20. The number of halogens is 1. The van der Waals surface area contributed by atoms with E-state index in [0.717, 1.165) is 0 Å². The molecule has 1 aliphatic rings. The molecule has 50 valence electrons. The molecule has 0 aliphatic carbocycles. The first-order valence-electron chi connectivity index (χ1n) is 2.45. The predicted octanol–water partition coefficient (Wildman–Crippen LogP) is 0.638. The lowest BCUT2D eigenvalue weighted by atomic mass is 10.3. The van der Waals surface area contributed by atoms with Gasteiger partial charge in [-0.15, -0.1) is 0 Å². The van der Waals surface area contributed by atoms with Crippen LogP contribution in [0.2, 0.25) is 0 Å². The van der Waals surface area contributed by atoms with Crippen LogP contribution in [0, 0.1) is 0 Å². The molecular weight excluding hydrogens is 144 g/mol. The summed E-state index contributed by atoms with van der Waals surface area (Å²) in [5.74, 6) is 0. The summed E-state index contributed by atoms with van der Waals surface area (Å²) >= 11 is 5.06. The van der Waals surface area contributed by atoms with Crippen molar-refractivity contribution < 1.29 is 14.6 Å². The van der Waals surface area contributed by atoms with E-state index < -0.39 is 11.3 Å². The van der Waals surface area contributed by atoms with E-state index in [9.17, 15) is 4.79 Å². The van der Waals surface area contributed by atoms with Gasteiger partial charge in [0.1, 0.15) is 6.61 Å². The van der Waals surface area contributed by atoms with Crippen molar-refractivity contribution in [2.24, 2.45) is 0 Å². The van der Waals surface area contributed by atoms with Gasteiger partial charge in [0.25, 0.3) is 5.24 Å². The van der Waals surface area contributed by atoms with Crippen molar-refractivity contribution in [3.63, 3.8) is 0 Å². The Balaban J connectivity index is 2.50. The normalized spacial score (nSPS) is 26.1. The predicted molar refractivity (Wildman–Crippen MR) is 30.8 cm³/mol. The lowest BCUT2D eigenvalue weighted by Gasteiger charge is -2.10. The average molecular weight is 149 g/mol. The Labute approximate surface area is 57.1 Å². The van der Waals surface area contributed by atoms with Gasteiger partial charge < -0.3 is 0 Å². The monoisotopic (exact) mass is 148 g/mol. The number of rotatable bonds is 1. The molecule has 1 atom stereocenters. The molecule has 1 unspecified atom stereocenters. The van der Waals surface area contributed by atoms with Crippen LogP contribution in [-0.4, -0.2) is 18.0 Å². The fourth-order valence-electron chi connectivity index (χ4n) is 0.477. The Hall–Kier alpha value is -0.380. The van der Waals surface area contributed by atoms with Gasteiger partial charge in [0, 0.05) is 0 Å². The van der Waals surface area contributed by atoms with E-state index >= 15 is 0 Å². The molecule has 0 radical (unpaired) electrons. The topological polar surface area (TPSA) is 35.5 Å². The van der Waals surface area contributed by atoms with E-state index in [4.69, 9.17) is 11.6 Å². The third-order valence-corrected chi connectivity index (χ3v) is 1.09. The van der Waals surface area contributed by atoms with Gasteiger partial charge >= 0.3 is 0 Å². The molecule has 4 heteroatoms. The minimum atomic E-state index is -0.722. The van der Waals surface area contributed by atoms with Gasteiger partial charge in [-0.1, -0.05) is 6.08 Å². The average Bonchev–Trinajstić information content (AvgIpc) is 1.90. The van der Waals surface area contributed by atoms with Gasteiger partial charge in [-0.3, -0.25) is 4.79 Å². The minimum Gasteiger partial charge on any atom is -0.278 e. The third kappa shape index (κ3) is 1.78. The van der Waals surface area contributed by atoms with Crippen molar-refractivity contribution >= 4 is 16.8 Å². The second kappa shape index (κ2) is 2.96. The molecule has 0 aromatic carbocycles. The molecule has 3 nitrogen and oxygen atoms in total. The molecule has 1 rings (SSSR count). The highest BCUT2D eigenvalue weighted by atomic mass is 35.5. The zero-order chi connectivity index (χ0) is 6.69. The smallest absolute Gasteiger partial charge is 0.257 e. The van der Waals surface area contributed by atoms with Crippen molar-refractivity contribution in [1.29, 1.82) is 0 Å². The second-order valence-electron chi connectivity index (χ2n) is 1.53. The summed E-state index contributed by atoms with van der Waals surface area (Å²) in [5.41, 5.74) is 0. The third-order valence-electron chi connectivity index (χ3n) is 0.871. The van der Waals surface area contributed by atoms with Gasteiger partial charge in [-0.2, -0.15) is 0 Å². The summed E-state index contributed by atoms with van der Waals surface area (Å²) in [5, 5.41) is -0.564. The van der Waals surface area contributed by atoms with Crippen LogP contribution in [0.4, 0.5) is 0 Å². The van der Waals surface area contributed by atoms with Crippen LogP contribution in [0.5, 0.6) is 0 Å². The molecular formula is C5H5ClO3. The van der Waals surface area contributed by atoms with Crippen LogP contribution < -0.4 is 0 Å². The molecule has 0 saturated heterocycles. The lowest BCUT2D eigenvalue weighted by molar-refractivity contribution is -0.303. The maximum Gasteiger partial charge on any atom is 0.257 e. The second-order valence-corrected chi connectivity index (χ2v) is 1.91. The first-order chi connectivity index (χ1) is 4.30. The molecule has 1 aliphatic heterocycles. The van der Waals surface area contributed by atoms with Gasteiger partial charge in [-0.05, 0) is 17.7 Å². The Kier molecular flexibility index (Phi) is 2.22. The molecule has 0 aromatic heterocycles. The summed E-state index contributed by atoms with van der Waals surface area (Å²) in [6.07, 6.45) is 2.51. The highest BCUT2D eigenvalue weighted by molar-refractivity contribution is 6.64. The van der Waals surface area contributed by atoms with Crippen LogP contribution in [0.3, 0.4) is 0 Å². The van der Waals surface area contributed by atoms with Crippen molar-refractivity contribution in [3.05, 3.63) is 12.2 Å². The fourth-order valence-corrected chi connectivity index (χ4v) is 0.586. The molecule has 0 amide bonds. The van der Waals surface area contributed by atoms with E-state index in [0.29, 0.717) is 6.61 Å². The molecule has 0 aromatic rings. The number of carbonyl (C=O) groups excluding carboxylic acids is 1. The van der Waals surface area contributed by atoms with E-state index in [1.165, 1.54) is 0 Å². The number of hydrogen-bond acceptors (Lipinski definition) is 3. The zero-order valence-corrected chi connectivity index (χ0v) is 5.30. The molecule has 0 bridgehead atoms. The summed E-state index contributed by atoms with van der Waals surface area (Å²) in [6, 6.07) is 0. The first-order valence-corrected chi connectivity index (χ1v) is 2.83. The highest BCUT2D eigenvalue weighted by Crippen LogP contribution is 2.04. The first kappa shape index (κ1) is 6.74. The van der Waals surface area contributed by atoms with E-state index in [1.807, 2.05) is 0 Å². The Bertz CT molecular complexity index is 143. The molecule has 9 heavy (non-hydrogen) atoms. The Morgan fingerprint density at radius 3 is 2.89 bits per heavy atom. The summed E-state index contributed by atoms with van der Waals surface area (Å²) < 4.78 is 0. The van der Waals surface area contributed by atoms with E-state index in [-0.39, 0.29) is 0 Å². The summed E-state index contributed by atoms with van der Waals surface area (Å²) in [4.78, 5) is 19.2.